The molecule has 0 saturated heterocycles. The molecule has 0 bridgehead atoms. The summed E-state index contributed by atoms with van der Waals surface area (Å²) in [6, 6.07) is 2.59. The van der Waals surface area contributed by atoms with Gasteiger partial charge in [0.15, 0.2) is 5.78 Å². The van der Waals surface area contributed by atoms with Gasteiger partial charge in [0.25, 0.3) is 5.91 Å². The van der Waals surface area contributed by atoms with Crippen LogP contribution < -0.4 is 5.32 Å². The summed E-state index contributed by atoms with van der Waals surface area (Å²) in [6.07, 6.45) is 4.03. The van der Waals surface area contributed by atoms with Crippen molar-refractivity contribution in [1.29, 1.82) is 0 Å². The lowest BCUT2D eigenvalue weighted by Crippen LogP contribution is -2.24. The van der Waals surface area contributed by atoms with Crippen LogP contribution in [0.3, 0.4) is 0 Å². The predicted molar refractivity (Wildman–Crippen MR) is 104 cm³/mol. The van der Waals surface area contributed by atoms with E-state index < -0.39 is 17.5 Å². The van der Waals surface area contributed by atoms with Gasteiger partial charge in [-0.25, -0.2) is 18.7 Å². The van der Waals surface area contributed by atoms with Gasteiger partial charge < -0.3 is 5.32 Å². The zero-order valence-electron chi connectivity index (χ0n) is 15.8. The molecular weight excluding hydrogens is 398 g/mol. The van der Waals surface area contributed by atoms with Gasteiger partial charge in [-0.15, -0.1) is 11.3 Å². The summed E-state index contributed by atoms with van der Waals surface area (Å²) in [6.45, 7) is 3.61. The fourth-order valence-corrected chi connectivity index (χ4v) is 3.45. The largest absolute Gasteiger partial charge is 0.346 e. The minimum atomic E-state index is -0.831. The summed E-state index contributed by atoms with van der Waals surface area (Å²) in [5, 5.41) is 3.50. The van der Waals surface area contributed by atoms with Gasteiger partial charge in [-0.3, -0.25) is 14.6 Å². The average Bonchev–Trinajstić information content (AvgIpc) is 3.09. The monoisotopic (exact) mass is 416 g/mol. The summed E-state index contributed by atoms with van der Waals surface area (Å²) in [7, 11) is 0. The Kier molecular flexibility index (Phi) is 6.38. The Hall–Kier alpha value is -3.07. The SMILES string of the molecule is Cc1ncc(CCC(=O)c2cnc(CNC(=O)c3cc(F)cc(F)c3)c(C)n2)s1. The number of carbonyl (C=O) groups excluding carboxylic acids is 2. The minimum absolute atomic E-state index is 0.0183. The van der Waals surface area contributed by atoms with E-state index in [1.54, 1.807) is 24.5 Å². The average molecular weight is 416 g/mol. The van der Waals surface area contributed by atoms with Crippen molar-refractivity contribution in [2.75, 3.05) is 0 Å². The number of carbonyl (C=O) groups is 2. The third kappa shape index (κ3) is 5.47. The second kappa shape index (κ2) is 8.95. The van der Waals surface area contributed by atoms with E-state index in [9.17, 15) is 18.4 Å². The molecule has 0 aliphatic rings. The topological polar surface area (TPSA) is 84.8 Å². The van der Waals surface area contributed by atoms with Gasteiger partial charge in [-0.05, 0) is 32.4 Å². The van der Waals surface area contributed by atoms with Crippen molar-refractivity contribution in [1.82, 2.24) is 20.3 Å². The number of rotatable bonds is 7. The highest BCUT2D eigenvalue weighted by Crippen LogP contribution is 2.15. The highest BCUT2D eigenvalue weighted by Gasteiger charge is 2.14. The molecule has 0 radical (unpaired) electrons. The van der Waals surface area contributed by atoms with E-state index in [2.05, 4.69) is 20.3 Å². The summed E-state index contributed by atoms with van der Waals surface area (Å²) >= 11 is 1.55. The molecule has 1 N–H and O–H groups in total. The highest BCUT2D eigenvalue weighted by atomic mass is 32.1. The molecule has 0 saturated carbocycles. The van der Waals surface area contributed by atoms with E-state index in [-0.39, 0.29) is 23.6 Å². The third-order valence-corrected chi connectivity index (χ3v) is 5.12. The predicted octanol–water partition coefficient (Wildman–Crippen LogP) is 3.57. The van der Waals surface area contributed by atoms with Crippen molar-refractivity contribution in [3.05, 3.63) is 74.8 Å². The second-order valence-electron chi connectivity index (χ2n) is 6.40. The van der Waals surface area contributed by atoms with Crippen molar-refractivity contribution in [3.63, 3.8) is 0 Å². The Morgan fingerprint density at radius 1 is 1.07 bits per heavy atom. The Morgan fingerprint density at radius 3 is 2.41 bits per heavy atom. The van der Waals surface area contributed by atoms with E-state index in [1.807, 2.05) is 6.92 Å². The van der Waals surface area contributed by atoms with Crippen molar-refractivity contribution in [2.45, 2.75) is 33.2 Å². The van der Waals surface area contributed by atoms with Crippen LogP contribution in [0, 0.1) is 25.5 Å². The molecule has 3 rings (SSSR count). The minimum Gasteiger partial charge on any atom is -0.346 e. The number of hydrogen-bond donors (Lipinski definition) is 1. The smallest absolute Gasteiger partial charge is 0.251 e. The van der Waals surface area contributed by atoms with Gasteiger partial charge in [0, 0.05) is 29.1 Å². The Morgan fingerprint density at radius 2 is 1.79 bits per heavy atom. The first-order chi connectivity index (χ1) is 13.8. The zero-order chi connectivity index (χ0) is 21.0. The number of halogens is 2. The molecule has 2 heterocycles. The molecule has 0 fully saturated rings. The van der Waals surface area contributed by atoms with Crippen LogP contribution in [-0.2, 0) is 13.0 Å². The lowest BCUT2D eigenvalue weighted by molar-refractivity contribution is 0.0946. The quantitative estimate of drug-likeness (QED) is 0.595. The highest BCUT2D eigenvalue weighted by molar-refractivity contribution is 7.11. The number of amides is 1. The van der Waals surface area contributed by atoms with E-state index in [4.69, 9.17) is 0 Å². The van der Waals surface area contributed by atoms with Gasteiger partial charge in [0.1, 0.15) is 17.3 Å². The van der Waals surface area contributed by atoms with Crippen LogP contribution in [0.25, 0.3) is 0 Å². The Labute approximate surface area is 170 Å². The van der Waals surface area contributed by atoms with E-state index in [1.165, 1.54) is 6.20 Å². The number of aromatic nitrogens is 3. The number of ketones is 1. The summed E-state index contributed by atoms with van der Waals surface area (Å²) in [5.41, 5.74) is 1.09. The fourth-order valence-electron chi connectivity index (χ4n) is 2.65. The molecule has 29 heavy (non-hydrogen) atoms. The molecule has 2 aromatic heterocycles. The molecule has 3 aromatic rings. The number of aryl methyl sites for hydroxylation is 3. The van der Waals surface area contributed by atoms with E-state index in [0.29, 0.717) is 30.3 Å². The van der Waals surface area contributed by atoms with Gasteiger partial charge >= 0.3 is 0 Å². The lowest BCUT2D eigenvalue weighted by atomic mass is 10.1. The van der Waals surface area contributed by atoms with Crippen molar-refractivity contribution >= 4 is 23.0 Å². The molecular formula is C20H18F2N4O2S. The molecule has 6 nitrogen and oxygen atoms in total. The van der Waals surface area contributed by atoms with Gasteiger partial charge in [0.2, 0.25) is 0 Å². The molecule has 150 valence electrons. The Balaban J connectivity index is 1.60. The number of thiazole rings is 1. The summed E-state index contributed by atoms with van der Waals surface area (Å²) in [4.78, 5) is 38.1. The zero-order valence-corrected chi connectivity index (χ0v) is 16.6. The molecule has 1 aromatic carbocycles. The van der Waals surface area contributed by atoms with E-state index >= 15 is 0 Å². The molecule has 0 aliphatic carbocycles. The normalized spacial score (nSPS) is 10.8. The van der Waals surface area contributed by atoms with Gasteiger partial charge in [-0.1, -0.05) is 0 Å². The van der Waals surface area contributed by atoms with Gasteiger partial charge in [-0.2, -0.15) is 0 Å². The Bertz CT molecular complexity index is 1050. The van der Waals surface area contributed by atoms with Crippen LogP contribution in [-0.4, -0.2) is 26.6 Å². The number of nitrogens with one attached hydrogen (secondary N) is 1. The molecule has 0 atom stereocenters. The first kappa shape index (κ1) is 20.7. The fraction of sp³-hybridized carbons (Fsp3) is 0.250. The maximum absolute atomic E-state index is 13.2. The van der Waals surface area contributed by atoms with Crippen LogP contribution in [0.5, 0.6) is 0 Å². The first-order valence-corrected chi connectivity index (χ1v) is 9.65. The maximum atomic E-state index is 13.2. The summed E-state index contributed by atoms with van der Waals surface area (Å²) in [5.74, 6) is -2.42. The molecule has 9 heteroatoms. The molecule has 1 amide bonds. The van der Waals surface area contributed by atoms with Crippen LogP contribution in [0.1, 0.15) is 48.5 Å². The van der Waals surface area contributed by atoms with Crippen molar-refractivity contribution in [3.8, 4) is 0 Å². The van der Waals surface area contributed by atoms with Crippen LogP contribution in [0.15, 0.2) is 30.6 Å². The third-order valence-electron chi connectivity index (χ3n) is 4.14. The van der Waals surface area contributed by atoms with Crippen molar-refractivity contribution in [2.24, 2.45) is 0 Å². The number of benzene rings is 1. The molecule has 0 spiro atoms. The number of nitrogens with zero attached hydrogens (tertiary/aromatic N) is 3. The summed E-state index contributed by atoms with van der Waals surface area (Å²) < 4.78 is 26.5. The molecule has 0 aliphatic heterocycles. The number of Topliss-reactive ketones (excluding diaryl/α,β-unsaturated/α-hetero) is 1. The van der Waals surface area contributed by atoms with Crippen LogP contribution >= 0.6 is 11.3 Å². The van der Waals surface area contributed by atoms with Gasteiger partial charge in [0.05, 0.1) is 29.1 Å². The van der Waals surface area contributed by atoms with Crippen molar-refractivity contribution < 1.29 is 18.4 Å². The number of hydrogen-bond acceptors (Lipinski definition) is 6. The van der Waals surface area contributed by atoms with Crippen LogP contribution in [0.2, 0.25) is 0 Å². The second-order valence-corrected chi connectivity index (χ2v) is 7.72. The van der Waals surface area contributed by atoms with Crippen LogP contribution in [0.4, 0.5) is 8.78 Å². The molecule has 0 unspecified atom stereocenters. The lowest BCUT2D eigenvalue weighted by Gasteiger charge is -2.08. The standard InChI is InChI=1S/C20H18F2N4O2S/c1-11-17(9-25-20(28)13-5-14(21)7-15(22)6-13)24-10-18(26-11)19(27)4-3-16-8-23-12(2)29-16/h5-8,10H,3-4,9H2,1-2H3,(H,25,28). The first-order valence-electron chi connectivity index (χ1n) is 8.83. The maximum Gasteiger partial charge on any atom is 0.251 e. The van der Waals surface area contributed by atoms with E-state index in [0.717, 1.165) is 22.0 Å².